The van der Waals surface area contributed by atoms with E-state index in [1.807, 2.05) is 42.3 Å². The molecule has 10 nitrogen and oxygen atoms in total. The topological polar surface area (TPSA) is 141 Å². The molecule has 3 aromatic rings. The zero-order valence-corrected chi connectivity index (χ0v) is 19.9. The van der Waals surface area contributed by atoms with E-state index < -0.39 is 6.09 Å². The summed E-state index contributed by atoms with van der Waals surface area (Å²) in [5.74, 6) is 1.21. The van der Waals surface area contributed by atoms with Crippen LogP contribution < -0.4 is 10.6 Å². The van der Waals surface area contributed by atoms with Crippen LogP contribution in [0.3, 0.4) is 0 Å². The zero-order valence-electron chi connectivity index (χ0n) is 19.9. The lowest BCUT2D eigenvalue weighted by Gasteiger charge is -2.42. The summed E-state index contributed by atoms with van der Waals surface area (Å²) in [5.41, 5.74) is 8.03. The van der Waals surface area contributed by atoms with Crippen molar-refractivity contribution in [2.45, 2.75) is 38.8 Å². The smallest absolute Gasteiger partial charge is 0.417 e. The van der Waals surface area contributed by atoms with Crippen molar-refractivity contribution in [1.29, 1.82) is 5.26 Å². The van der Waals surface area contributed by atoms with Crippen molar-refractivity contribution < 1.29 is 14.7 Å². The highest BCUT2D eigenvalue weighted by Gasteiger charge is 2.33. The lowest BCUT2D eigenvalue weighted by atomic mass is 9.92. The second-order valence-electron chi connectivity index (χ2n) is 8.99. The molecule has 182 valence electrons. The number of amides is 1. The molecule has 1 aliphatic rings. The van der Waals surface area contributed by atoms with Crippen LogP contribution in [0.2, 0.25) is 0 Å². The van der Waals surface area contributed by atoms with E-state index in [0.717, 1.165) is 22.1 Å². The first-order valence-electron chi connectivity index (χ1n) is 11.6. The van der Waals surface area contributed by atoms with Gasteiger partial charge in [-0.2, -0.15) is 5.26 Å². The summed E-state index contributed by atoms with van der Waals surface area (Å²) in [4.78, 5) is 37.4. The molecule has 35 heavy (non-hydrogen) atoms. The molecule has 3 heterocycles. The van der Waals surface area contributed by atoms with Crippen LogP contribution in [0.15, 0.2) is 36.5 Å². The van der Waals surface area contributed by atoms with Gasteiger partial charge >= 0.3 is 6.09 Å². The maximum Gasteiger partial charge on any atom is 0.417 e. The Balaban J connectivity index is 1.72. The maximum atomic E-state index is 12.4. The molecule has 1 saturated heterocycles. The van der Waals surface area contributed by atoms with E-state index in [9.17, 15) is 14.7 Å². The van der Waals surface area contributed by atoms with Crippen molar-refractivity contribution in [3.63, 3.8) is 0 Å². The standard InChI is InChI=1S/C25H29N7O3/c1-16-8-11-31(22(33)7-10-26)15-20(16)30(2)23-19-9-12-32(25(34)35)24(19)29-21(28-23)13-17-3-5-18(14-27)6-4-17/h3-6,9,12,16,20H,7-8,11,13-15,27H2,1-2H3,(H,34,35)/t16-,20+/m1/s1. The molecule has 10 heteroatoms. The zero-order chi connectivity index (χ0) is 25.1. The number of rotatable bonds is 6. The normalized spacial score (nSPS) is 17.8. The average Bonchev–Trinajstić information content (AvgIpc) is 3.28. The Hall–Kier alpha value is -3.97. The fraction of sp³-hybridized carbons (Fsp3) is 0.400. The lowest BCUT2D eigenvalue weighted by Crippen LogP contribution is -2.52. The number of benzene rings is 1. The van der Waals surface area contributed by atoms with Gasteiger partial charge in [-0.25, -0.2) is 19.3 Å². The van der Waals surface area contributed by atoms with Crippen LogP contribution in [0.25, 0.3) is 11.0 Å². The van der Waals surface area contributed by atoms with Gasteiger partial charge in [0.15, 0.2) is 5.65 Å². The number of carbonyl (C=O) groups is 2. The second kappa shape index (κ2) is 10.1. The SMILES string of the molecule is C[C@@H]1CCN(C(=O)CC#N)C[C@@H]1N(C)c1nc(Cc2ccc(CN)cc2)nc2c1ccn2C(=O)O. The minimum Gasteiger partial charge on any atom is -0.464 e. The average molecular weight is 476 g/mol. The summed E-state index contributed by atoms with van der Waals surface area (Å²) >= 11 is 0. The number of anilines is 1. The maximum absolute atomic E-state index is 12.4. The molecule has 0 radical (unpaired) electrons. The second-order valence-corrected chi connectivity index (χ2v) is 8.99. The first-order valence-corrected chi connectivity index (χ1v) is 11.6. The van der Waals surface area contributed by atoms with E-state index in [4.69, 9.17) is 16.0 Å². The van der Waals surface area contributed by atoms with Crippen molar-refractivity contribution in [2.75, 3.05) is 25.0 Å². The number of likely N-dealkylation sites (N-methyl/N-ethyl adjacent to an activating group) is 1. The number of nitriles is 1. The number of fused-ring (bicyclic) bond motifs is 1. The van der Waals surface area contributed by atoms with Gasteiger partial charge in [0.25, 0.3) is 0 Å². The Morgan fingerprint density at radius 2 is 1.94 bits per heavy atom. The van der Waals surface area contributed by atoms with E-state index in [1.165, 1.54) is 6.20 Å². The molecule has 1 aliphatic heterocycles. The van der Waals surface area contributed by atoms with Crippen LogP contribution in [0.4, 0.5) is 10.6 Å². The van der Waals surface area contributed by atoms with E-state index in [2.05, 4.69) is 11.9 Å². The van der Waals surface area contributed by atoms with Crippen LogP contribution in [-0.2, 0) is 17.8 Å². The van der Waals surface area contributed by atoms with Crippen molar-refractivity contribution in [3.8, 4) is 6.07 Å². The van der Waals surface area contributed by atoms with Crippen molar-refractivity contribution >= 4 is 28.9 Å². The molecule has 1 amide bonds. The largest absolute Gasteiger partial charge is 0.464 e. The molecule has 0 bridgehead atoms. The van der Waals surface area contributed by atoms with Gasteiger partial charge in [-0.05, 0) is 29.5 Å². The molecule has 0 spiro atoms. The summed E-state index contributed by atoms with van der Waals surface area (Å²) in [6.45, 7) is 3.68. The number of hydrogen-bond acceptors (Lipinski definition) is 7. The Bertz CT molecular complexity index is 1280. The Morgan fingerprint density at radius 3 is 2.60 bits per heavy atom. The highest BCUT2D eigenvalue weighted by atomic mass is 16.4. The number of likely N-dealkylation sites (tertiary alicyclic amines) is 1. The molecular formula is C25H29N7O3. The number of carbonyl (C=O) groups excluding carboxylic acids is 1. The highest BCUT2D eigenvalue weighted by Crippen LogP contribution is 2.31. The molecule has 4 rings (SSSR count). The molecule has 0 aliphatic carbocycles. The minimum atomic E-state index is -1.12. The number of carboxylic acid groups (broad SMARTS) is 1. The third kappa shape index (κ3) is 4.95. The van der Waals surface area contributed by atoms with Gasteiger partial charge in [-0.15, -0.1) is 0 Å². The Kier molecular flexibility index (Phi) is 6.98. The van der Waals surface area contributed by atoms with Gasteiger partial charge < -0.3 is 20.6 Å². The van der Waals surface area contributed by atoms with Gasteiger partial charge in [-0.1, -0.05) is 31.2 Å². The third-order valence-corrected chi connectivity index (χ3v) is 6.73. The first kappa shape index (κ1) is 24.2. The van der Waals surface area contributed by atoms with Crippen molar-refractivity contribution in [3.05, 3.63) is 53.5 Å². The fourth-order valence-electron chi connectivity index (χ4n) is 4.64. The highest BCUT2D eigenvalue weighted by molar-refractivity contribution is 5.93. The van der Waals surface area contributed by atoms with Crippen LogP contribution in [-0.4, -0.2) is 62.7 Å². The van der Waals surface area contributed by atoms with Gasteiger partial charge in [-0.3, -0.25) is 4.79 Å². The Morgan fingerprint density at radius 1 is 1.23 bits per heavy atom. The summed E-state index contributed by atoms with van der Waals surface area (Å²) in [7, 11) is 1.92. The summed E-state index contributed by atoms with van der Waals surface area (Å²) in [5, 5.41) is 19.3. The molecule has 2 atom stereocenters. The third-order valence-electron chi connectivity index (χ3n) is 6.73. The fourth-order valence-corrected chi connectivity index (χ4v) is 4.64. The molecule has 0 unspecified atom stereocenters. The first-order chi connectivity index (χ1) is 16.8. The molecule has 2 aromatic heterocycles. The molecular weight excluding hydrogens is 446 g/mol. The van der Waals surface area contributed by atoms with Crippen LogP contribution >= 0.6 is 0 Å². The molecule has 1 aromatic carbocycles. The monoisotopic (exact) mass is 475 g/mol. The quantitative estimate of drug-likeness (QED) is 0.554. The van der Waals surface area contributed by atoms with Gasteiger partial charge in [0.1, 0.15) is 18.1 Å². The van der Waals surface area contributed by atoms with Gasteiger partial charge in [0, 0.05) is 39.3 Å². The number of aromatic nitrogens is 3. The predicted molar refractivity (Wildman–Crippen MR) is 131 cm³/mol. The molecule has 1 fully saturated rings. The van der Waals surface area contributed by atoms with Crippen molar-refractivity contribution in [1.82, 2.24) is 19.4 Å². The minimum absolute atomic E-state index is 0.0469. The summed E-state index contributed by atoms with van der Waals surface area (Å²) in [6.07, 6.45) is 1.45. The van der Waals surface area contributed by atoms with E-state index in [-0.39, 0.29) is 24.3 Å². The van der Waals surface area contributed by atoms with E-state index >= 15 is 0 Å². The number of nitrogens with two attached hydrogens (primary N) is 1. The van der Waals surface area contributed by atoms with Crippen LogP contribution in [0.5, 0.6) is 0 Å². The number of nitrogens with zero attached hydrogens (tertiary/aromatic N) is 6. The number of piperidine rings is 1. The van der Waals surface area contributed by atoms with Gasteiger partial charge in [0.2, 0.25) is 5.91 Å². The lowest BCUT2D eigenvalue weighted by molar-refractivity contribution is -0.131. The van der Waals surface area contributed by atoms with Gasteiger partial charge in [0.05, 0.1) is 17.5 Å². The van der Waals surface area contributed by atoms with Crippen LogP contribution in [0, 0.1) is 17.2 Å². The molecule has 3 N–H and O–H groups in total. The van der Waals surface area contributed by atoms with E-state index in [0.29, 0.717) is 48.7 Å². The Labute approximate surface area is 203 Å². The summed E-state index contributed by atoms with van der Waals surface area (Å²) < 4.78 is 1.10. The predicted octanol–water partition coefficient (Wildman–Crippen LogP) is 2.59. The molecule has 0 saturated carbocycles. The van der Waals surface area contributed by atoms with Crippen LogP contribution in [0.1, 0.15) is 36.7 Å². The summed E-state index contributed by atoms with van der Waals surface area (Å²) in [6, 6.07) is 11.4. The van der Waals surface area contributed by atoms with Crippen molar-refractivity contribution in [2.24, 2.45) is 11.7 Å². The number of hydrogen-bond donors (Lipinski definition) is 2. The van der Waals surface area contributed by atoms with E-state index in [1.54, 1.807) is 11.0 Å².